The number of aryl methyl sites for hydroxylation is 1. The quantitative estimate of drug-likeness (QED) is 0.675. The average molecular weight is 351 g/mol. The smallest absolute Gasteiger partial charge is 0.228 e. The van der Waals surface area contributed by atoms with Crippen LogP contribution in [0.5, 0.6) is 5.75 Å². The number of hydrogen-bond acceptors (Lipinski definition) is 5. The van der Waals surface area contributed by atoms with Gasteiger partial charge in [0.05, 0.1) is 7.11 Å². The van der Waals surface area contributed by atoms with Crippen molar-refractivity contribution in [3.8, 4) is 17.1 Å². The van der Waals surface area contributed by atoms with E-state index in [2.05, 4.69) is 15.5 Å². The van der Waals surface area contributed by atoms with Gasteiger partial charge in [0.2, 0.25) is 17.6 Å². The van der Waals surface area contributed by atoms with Gasteiger partial charge in [-0.2, -0.15) is 4.98 Å². The van der Waals surface area contributed by atoms with Gasteiger partial charge in [0.25, 0.3) is 0 Å². The van der Waals surface area contributed by atoms with E-state index >= 15 is 0 Å². The highest BCUT2D eigenvalue weighted by atomic mass is 16.5. The lowest BCUT2D eigenvalue weighted by Crippen LogP contribution is -2.25. The molecule has 0 saturated carbocycles. The third-order valence-electron chi connectivity index (χ3n) is 3.96. The number of rotatable bonds is 8. The lowest BCUT2D eigenvalue weighted by atomic mass is 10.1. The van der Waals surface area contributed by atoms with E-state index in [0.29, 0.717) is 31.1 Å². The molecule has 26 heavy (non-hydrogen) atoms. The van der Waals surface area contributed by atoms with E-state index in [9.17, 15) is 4.79 Å². The average Bonchev–Trinajstić information content (AvgIpc) is 3.16. The molecule has 1 amide bonds. The zero-order valence-corrected chi connectivity index (χ0v) is 14.6. The second kappa shape index (κ2) is 8.80. The van der Waals surface area contributed by atoms with Gasteiger partial charge in [0, 0.05) is 24.9 Å². The van der Waals surface area contributed by atoms with E-state index in [1.807, 2.05) is 54.6 Å². The maximum Gasteiger partial charge on any atom is 0.228 e. The van der Waals surface area contributed by atoms with Crippen LogP contribution >= 0.6 is 0 Å². The third kappa shape index (κ3) is 4.92. The summed E-state index contributed by atoms with van der Waals surface area (Å²) in [4.78, 5) is 16.3. The van der Waals surface area contributed by atoms with Crippen molar-refractivity contribution >= 4 is 5.91 Å². The molecular weight excluding hydrogens is 330 g/mol. The Morgan fingerprint density at radius 1 is 1.08 bits per heavy atom. The molecule has 3 rings (SSSR count). The Morgan fingerprint density at radius 3 is 2.58 bits per heavy atom. The van der Waals surface area contributed by atoms with Crippen LogP contribution in [-0.4, -0.2) is 29.7 Å². The van der Waals surface area contributed by atoms with Gasteiger partial charge in [-0.25, -0.2) is 0 Å². The summed E-state index contributed by atoms with van der Waals surface area (Å²) in [6, 6.07) is 17.4. The largest absolute Gasteiger partial charge is 0.497 e. The van der Waals surface area contributed by atoms with Crippen LogP contribution < -0.4 is 10.1 Å². The fourth-order valence-electron chi connectivity index (χ4n) is 2.51. The van der Waals surface area contributed by atoms with E-state index in [-0.39, 0.29) is 5.91 Å². The van der Waals surface area contributed by atoms with Gasteiger partial charge in [-0.05, 0) is 36.2 Å². The van der Waals surface area contributed by atoms with Gasteiger partial charge in [-0.3, -0.25) is 4.79 Å². The Labute approximate surface area is 152 Å². The van der Waals surface area contributed by atoms with Crippen LogP contribution in [0.25, 0.3) is 11.4 Å². The summed E-state index contributed by atoms with van der Waals surface area (Å²) in [6.07, 6.45) is 1.69. The first-order valence-electron chi connectivity index (χ1n) is 8.52. The highest BCUT2D eigenvalue weighted by Gasteiger charge is 2.09. The molecular formula is C20H21N3O3. The number of ether oxygens (including phenoxy) is 1. The Bertz CT molecular complexity index is 829. The third-order valence-corrected chi connectivity index (χ3v) is 3.96. The molecule has 1 aromatic heterocycles. The lowest BCUT2D eigenvalue weighted by Gasteiger charge is -2.03. The lowest BCUT2D eigenvalue weighted by molar-refractivity contribution is -0.121. The molecule has 6 heteroatoms. The molecule has 0 aliphatic heterocycles. The van der Waals surface area contributed by atoms with E-state index in [1.165, 1.54) is 0 Å². The molecule has 0 fully saturated rings. The molecule has 0 aliphatic rings. The van der Waals surface area contributed by atoms with Crippen molar-refractivity contribution in [3.05, 3.63) is 66.1 Å². The maximum atomic E-state index is 11.9. The molecule has 0 aliphatic carbocycles. The first kappa shape index (κ1) is 17.7. The molecule has 0 spiro atoms. The zero-order chi connectivity index (χ0) is 18.2. The van der Waals surface area contributed by atoms with Gasteiger partial charge in [0.1, 0.15) is 5.75 Å². The summed E-state index contributed by atoms with van der Waals surface area (Å²) in [5.41, 5.74) is 2.01. The molecule has 134 valence electrons. The van der Waals surface area contributed by atoms with Crippen LogP contribution in [0.1, 0.15) is 17.9 Å². The molecule has 0 radical (unpaired) electrons. The number of benzene rings is 2. The normalized spacial score (nSPS) is 10.5. The Kier molecular flexibility index (Phi) is 5.98. The topological polar surface area (TPSA) is 77.3 Å². The van der Waals surface area contributed by atoms with Crippen molar-refractivity contribution in [3.63, 3.8) is 0 Å². The van der Waals surface area contributed by atoms with Crippen molar-refractivity contribution < 1.29 is 14.1 Å². The zero-order valence-electron chi connectivity index (χ0n) is 14.6. The van der Waals surface area contributed by atoms with Gasteiger partial charge in [-0.1, -0.05) is 35.5 Å². The molecule has 1 N–H and O–H groups in total. The predicted octanol–water partition coefficient (Wildman–Crippen LogP) is 3.04. The summed E-state index contributed by atoms with van der Waals surface area (Å²) in [7, 11) is 1.62. The van der Waals surface area contributed by atoms with Gasteiger partial charge >= 0.3 is 0 Å². The van der Waals surface area contributed by atoms with Crippen LogP contribution in [0.15, 0.2) is 59.1 Å². The van der Waals surface area contributed by atoms with Crippen LogP contribution in [0.2, 0.25) is 0 Å². The minimum absolute atomic E-state index is 0.0174. The number of amides is 1. The second-order valence-corrected chi connectivity index (χ2v) is 5.83. The van der Waals surface area contributed by atoms with Gasteiger partial charge in [-0.15, -0.1) is 0 Å². The molecule has 0 bridgehead atoms. The van der Waals surface area contributed by atoms with Gasteiger partial charge < -0.3 is 14.6 Å². The van der Waals surface area contributed by atoms with Gasteiger partial charge in [0.15, 0.2) is 0 Å². The van der Waals surface area contributed by atoms with Crippen LogP contribution in [0, 0.1) is 0 Å². The summed E-state index contributed by atoms with van der Waals surface area (Å²) < 4.78 is 10.4. The van der Waals surface area contributed by atoms with E-state index < -0.39 is 0 Å². The fraction of sp³-hybridized carbons (Fsp3) is 0.250. The Morgan fingerprint density at radius 2 is 1.85 bits per heavy atom. The fourth-order valence-corrected chi connectivity index (χ4v) is 2.51. The van der Waals surface area contributed by atoms with Crippen molar-refractivity contribution in [2.24, 2.45) is 0 Å². The highest BCUT2D eigenvalue weighted by molar-refractivity contribution is 5.76. The van der Waals surface area contributed by atoms with E-state index in [0.717, 1.165) is 23.3 Å². The first-order valence-corrected chi connectivity index (χ1v) is 8.52. The minimum Gasteiger partial charge on any atom is -0.497 e. The maximum absolute atomic E-state index is 11.9. The number of carbonyl (C=O) groups is 1. The number of carbonyl (C=O) groups excluding carboxylic acids is 1. The molecule has 1 heterocycles. The summed E-state index contributed by atoms with van der Waals surface area (Å²) in [5.74, 6) is 1.82. The number of hydrogen-bond donors (Lipinski definition) is 1. The van der Waals surface area contributed by atoms with Crippen molar-refractivity contribution in [1.82, 2.24) is 15.5 Å². The summed E-state index contributed by atoms with van der Waals surface area (Å²) in [5, 5.41) is 6.86. The number of methoxy groups -OCH3 is 1. The van der Waals surface area contributed by atoms with E-state index in [4.69, 9.17) is 9.26 Å². The minimum atomic E-state index is 0.0174. The SMILES string of the molecule is COc1ccc(-c2noc(CCNC(=O)CCc3ccccc3)n2)cc1. The second-order valence-electron chi connectivity index (χ2n) is 5.83. The van der Waals surface area contributed by atoms with Crippen molar-refractivity contribution in [2.45, 2.75) is 19.3 Å². The van der Waals surface area contributed by atoms with Crippen LogP contribution in [0.3, 0.4) is 0 Å². The number of nitrogens with one attached hydrogen (secondary N) is 1. The molecule has 0 saturated heterocycles. The first-order chi connectivity index (χ1) is 12.7. The molecule has 0 atom stereocenters. The van der Waals surface area contributed by atoms with E-state index in [1.54, 1.807) is 7.11 Å². The molecule has 2 aromatic carbocycles. The monoisotopic (exact) mass is 351 g/mol. The number of nitrogens with zero attached hydrogens (tertiary/aromatic N) is 2. The highest BCUT2D eigenvalue weighted by Crippen LogP contribution is 2.19. The standard InChI is InChI=1S/C20H21N3O3/c1-25-17-10-8-16(9-11-17)20-22-19(26-23-20)13-14-21-18(24)12-7-15-5-3-2-4-6-15/h2-6,8-11H,7,12-14H2,1H3,(H,21,24). The molecule has 3 aromatic rings. The summed E-state index contributed by atoms with van der Waals surface area (Å²) >= 11 is 0. The summed E-state index contributed by atoms with van der Waals surface area (Å²) in [6.45, 7) is 0.470. The van der Waals surface area contributed by atoms with Crippen LogP contribution in [0.4, 0.5) is 0 Å². The molecule has 0 unspecified atom stereocenters. The van der Waals surface area contributed by atoms with Crippen molar-refractivity contribution in [2.75, 3.05) is 13.7 Å². The van der Waals surface area contributed by atoms with Crippen molar-refractivity contribution in [1.29, 1.82) is 0 Å². The van der Waals surface area contributed by atoms with Crippen LogP contribution in [-0.2, 0) is 17.6 Å². The number of aromatic nitrogens is 2. The Balaban J connectivity index is 1.43. The molecule has 6 nitrogen and oxygen atoms in total. The Hall–Kier alpha value is -3.15. The predicted molar refractivity (Wildman–Crippen MR) is 97.8 cm³/mol.